The maximum Gasteiger partial charge on any atom is 0.314 e. The van der Waals surface area contributed by atoms with Crippen LogP contribution in [0.2, 0.25) is 25.7 Å². The van der Waals surface area contributed by atoms with E-state index in [1.54, 1.807) is 38.8 Å². The fourth-order valence-electron chi connectivity index (χ4n) is 5.67. The fourth-order valence-corrected chi connectivity index (χ4v) is 7.08. The molecule has 6 rings (SSSR count). The second-order valence-electron chi connectivity index (χ2n) is 13.5. The van der Waals surface area contributed by atoms with E-state index in [9.17, 15) is 14.4 Å². The summed E-state index contributed by atoms with van der Waals surface area (Å²) in [6.07, 6.45) is 6.60. The third kappa shape index (κ3) is 6.13. The van der Waals surface area contributed by atoms with E-state index in [1.165, 1.54) is 6.20 Å². The number of piperazine rings is 1. The minimum atomic E-state index is -1.25. The Morgan fingerprint density at radius 3 is 2.66 bits per heavy atom. The van der Waals surface area contributed by atoms with Crippen molar-refractivity contribution < 1.29 is 19.1 Å². The van der Waals surface area contributed by atoms with Crippen LogP contribution in [-0.4, -0.2) is 81.1 Å². The highest BCUT2D eigenvalue weighted by Gasteiger charge is 2.50. The molecular weight excluding hydrogens is 595 g/mol. The summed E-state index contributed by atoms with van der Waals surface area (Å²) in [6.45, 7) is 12.2. The number of rotatable bonds is 8. The number of pyridine rings is 1. The summed E-state index contributed by atoms with van der Waals surface area (Å²) in [7, 11) is -1.25. The molecule has 0 bridgehead atoms. The number of fused-ring (bicyclic) bond motifs is 2. The van der Waals surface area contributed by atoms with Gasteiger partial charge in [0.25, 0.3) is 0 Å². The number of benzene rings is 1. The second-order valence-corrected chi connectivity index (χ2v) is 20.0. The summed E-state index contributed by atoms with van der Waals surface area (Å²) in [5.41, 5.74) is 4.14. The predicted molar refractivity (Wildman–Crippen MR) is 173 cm³/mol. The van der Waals surface area contributed by atoms with Crippen LogP contribution < -0.4 is 5.32 Å². The molecule has 1 saturated carbocycles. The van der Waals surface area contributed by atoms with Gasteiger partial charge in [0.15, 0.2) is 0 Å². The smallest absolute Gasteiger partial charge is 0.314 e. The molecule has 4 aromatic rings. The van der Waals surface area contributed by atoms with Crippen LogP contribution >= 0.6 is 11.3 Å². The Morgan fingerprint density at radius 1 is 1.11 bits per heavy atom. The van der Waals surface area contributed by atoms with Crippen LogP contribution in [0.1, 0.15) is 38.3 Å². The van der Waals surface area contributed by atoms with Gasteiger partial charge < -0.3 is 19.9 Å². The van der Waals surface area contributed by atoms with Gasteiger partial charge in [-0.1, -0.05) is 32.6 Å². The van der Waals surface area contributed by atoms with E-state index < -0.39 is 25.9 Å². The van der Waals surface area contributed by atoms with Gasteiger partial charge >= 0.3 is 11.8 Å². The van der Waals surface area contributed by atoms with Crippen LogP contribution in [0.15, 0.2) is 42.3 Å². The van der Waals surface area contributed by atoms with Crippen molar-refractivity contribution in [1.82, 2.24) is 29.5 Å². The van der Waals surface area contributed by atoms with Crippen LogP contribution in [-0.2, 0) is 25.9 Å². The molecule has 3 amide bonds. The average Bonchev–Trinajstić information content (AvgIpc) is 3.37. The molecule has 232 valence electrons. The quantitative estimate of drug-likeness (QED) is 0.167. The van der Waals surface area contributed by atoms with Crippen molar-refractivity contribution in [3.05, 3.63) is 47.9 Å². The first-order chi connectivity index (χ1) is 20.9. The zero-order valence-corrected chi connectivity index (χ0v) is 27.7. The SMILES string of the molecule is C[C@@H]1CN(C(=O)C(=O)Nc2cncc3cnn(COCC[Si](C)(C)C)c23)[C@@H](c2ccc3scnc3c2)CN1C(=O)C1(C)CC1. The lowest BCUT2D eigenvalue weighted by atomic mass is 9.97. The van der Waals surface area contributed by atoms with Gasteiger partial charge in [0.05, 0.1) is 45.4 Å². The Hall–Kier alpha value is -3.68. The molecule has 1 N–H and O–H groups in total. The van der Waals surface area contributed by atoms with Crippen molar-refractivity contribution >= 4 is 63.9 Å². The van der Waals surface area contributed by atoms with Gasteiger partial charge in [-0.15, -0.1) is 11.3 Å². The largest absolute Gasteiger partial charge is 0.360 e. The van der Waals surface area contributed by atoms with Gasteiger partial charge in [-0.05, 0) is 43.5 Å². The Balaban J connectivity index is 1.24. The molecule has 13 heteroatoms. The highest BCUT2D eigenvalue weighted by molar-refractivity contribution is 7.16. The minimum Gasteiger partial charge on any atom is -0.360 e. The van der Waals surface area contributed by atoms with E-state index in [0.29, 0.717) is 24.4 Å². The normalized spacial score (nSPS) is 19.8. The molecule has 0 spiro atoms. The van der Waals surface area contributed by atoms with Gasteiger partial charge in [-0.2, -0.15) is 5.10 Å². The number of carbonyl (C=O) groups excluding carboxylic acids is 3. The molecule has 1 aliphatic heterocycles. The maximum atomic E-state index is 13.9. The monoisotopic (exact) mass is 633 g/mol. The van der Waals surface area contributed by atoms with Crippen molar-refractivity contribution in [3.63, 3.8) is 0 Å². The van der Waals surface area contributed by atoms with E-state index >= 15 is 0 Å². The summed E-state index contributed by atoms with van der Waals surface area (Å²) in [4.78, 5) is 53.2. The lowest BCUT2D eigenvalue weighted by Gasteiger charge is -2.46. The van der Waals surface area contributed by atoms with Gasteiger partial charge in [0.1, 0.15) is 6.73 Å². The molecule has 1 aliphatic carbocycles. The Kier molecular flexibility index (Phi) is 8.05. The summed E-state index contributed by atoms with van der Waals surface area (Å²) in [5.74, 6) is -1.33. The maximum absolute atomic E-state index is 13.9. The van der Waals surface area contributed by atoms with E-state index in [2.05, 4.69) is 40.0 Å². The number of ether oxygens (including phenoxy) is 1. The first-order valence-corrected chi connectivity index (χ1v) is 19.7. The number of hydrogen-bond acceptors (Lipinski definition) is 8. The van der Waals surface area contributed by atoms with Gasteiger partial charge in [0, 0.05) is 50.8 Å². The first kappa shape index (κ1) is 30.3. The van der Waals surface area contributed by atoms with Crippen LogP contribution in [0.5, 0.6) is 0 Å². The molecule has 0 radical (unpaired) electrons. The predicted octanol–water partition coefficient (Wildman–Crippen LogP) is 4.89. The zero-order valence-electron chi connectivity index (χ0n) is 25.9. The second kappa shape index (κ2) is 11.7. The number of nitrogens with one attached hydrogen (secondary N) is 1. The van der Waals surface area contributed by atoms with Crippen molar-refractivity contribution in [1.29, 1.82) is 0 Å². The topological polar surface area (TPSA) is 123 Å². The molecule has 0 unspecified atom stereocenters. The number of nitrogens with zero attached hydrogens (tertiary/aromatic N) is 6. The van der Waals surface area contributed by atoms with Crippen LogP contribution in [0.25, 0.3) is 21.1 Å². The highest BCUT2D eigenvalue weighted by atomic mass is 32.1. The number of hydrogen-bond donors (Lipinski definition) is 1. The van der Waals surface area contributed by atoms with Gasteiger partial charge in [-0.3, -0.25) is 19.4 Å². The van der Waals surface area contributed by atoms with Gasteiger partial charge in [0.2, 0.25) is 5.91 Å². The van der Waals surface area contributed by atoms with Crippen molar-refractivity contribution in [3.8, 4) is 0 Å². The molecule has 44 heavy (non-hydrogen) atoms. The standard InChI is InChI=1S/C31H39N7O4SSi/c1-20-16-37(25(17-36(20)30(41)31(2)8-9-31)21-6-7-26-23(12-21)33-18-43-26)29(40)28(39)35-24-15-32-13-22-14-34-38(27(22)24)19-42-10-11-44(3,4)5/h6-7,12-15,18,20,25H,8-11,16-17,19H2,1-5H3,(H,35,39)/t20-,25-/m1/s1. The Labute approximate surface area is 261 Å². The number of thiazole rings is 1. The third-order valence-electron chi connectivity index (χ3n) is 8.71. The molecule has 11 nitrogen and oxygen atoms in total. The molecule has 1 saturated heterocycles. The summed E-state index contributed by atoms with van der Waals surface area (Å²) >= 11 is 1.54. The number of aromatic nitrogens is 4. The summed E-state index contributed by atoms with van der Waals surface area (Å²) in [5, 5.41) is 7.98. The molecule has 2 aliphatic rings. The molecule has 3 aromatic heterocycles. The lowest BCUT2D eigenvalue weighted by Crippen LogP contribution is -2.59. The highest BCUT2D eigenvalue weighted by Crippen LogP contribution is 2.47. The Bertz CT molecular complexity index is 1730. The van der Waals surface area contributed by atoms with Crippen molar-refractivity contribution in [2.75, 3.05) is 25.0 Å². The number of carbonyl (C=O) groups is 3. The Morgan fingerprint density at radius 2 is 1.91 bits per heavy atom. The van der Waals surface area contributed by atoms with Crippen LogP contribution in [0.4, 0.5) is 5.69 Å². The van der Waals surface area contributed by atoms with E-state index in [4.69, 9.17) is 4.74 Å². The van der Waals surface area contributed by atoms with Crippen LogP contribution in [0, 0.1) is 5.41 Å². The van der Waals surface area contributed by atoms with Crippen molar-refractivity contribution in [2.24, 2.45) is 5.41 Å². The fraction of sp³-hybridized carbons (Fsp3) is 0.484. The molecular formula is C31H39N7O4SSi. The van der Waals surface area contributed by atoms with E-state index in [1.807, 2.05) is 36.9 Å². The van der Waals surface area contributed by atoms with E-state index in [-0.39, 0.29) is 30.6 Å². The third-order valence-corrected chi connectivity index (χ3v) is 11.2. The number of amides is 3. The molecule has 2 atom stereocenters. The molecule has 2 fully saturated rings. The van der Waals surface area contributed by atoms with Crippen LogP contribution in [0.3, 0.4) is 0 Å². The van der Waals surface area contributed by atoms with Crippen molar-refractivity contribution in [2.45, 2.75) is 71.2 Å². The average molecular weight is 634 g/mol. The lowest BCUT2D eigenvalue weighted by molar-refractivity contribution is -0.153. The number of anilines is 1. The summed E-state index contributed by atoms with van der Waals surface area (Å²) < 4.78 is 8.63. The van der Waals surface area contributed by atoms with Gasteiger partial charge in [-0.25, -0.2) is 9.67 Å². The van der Waals surface area contributed by atoms with E-state index in [0.717, 1.165) is 40.1 Å². The summed E-state index contributed by atoms with van der Waals surface area (Å²) in [6, 6.07) is 6.19. The molecule has 4 heterocycles. The first-order valence-electron chi connectivity index (χ1n) is 15.1. The minimum absolute atomic E-state index is 0.111. The zero-order chi connectivity index (χ0) is 31.2. The molecule has 1 aromatic carbocycles.